The first-order valence-corrected chi connectivity index (χ1v) is 5.98. The highest BCUT2D eigenvalue weighted by Gasteiger charge is 2.36. The molecule has 1 fully saturated rings. The number of hydrogen-bond donors (Lipinski definition) is 1. The van der Waals surface area contributed by atoms with E-state index in [1.807, 2.05) is 0 Å². The summed E-state index contributed by atoms with van der Waals surface area (Å²) < 4.78 is 38.6. The molecule has 1 aliphatic rings. The normalized spacial score (nSPS) is 19.2. The summed E-state index contributed by atoms with van der Waals surface area (Å²) in [6.07, 6.45) is -4.08. The fourth-order valence-corrected chi connectivity index (χ4v) is 2.24. The third kappa shape index (κ3) is 2.47. The van der Waals surface area contributed by atoms with Crippen molar-refractivity contribution in [1.82, 2.24) is 5.32 Å². The maximum atomic E-state index is 12.9. The quantitative estimate of drug-likeness (QED) is 0.902. The number of nitrogens with zero attached hydrogens (tertiary/aromatic N) is 2. The van der Waals surface area contributed by atoms with E-state index in [0.29, 0.717) is 13.0 Å². The summed E-state index contributed by atoms with van der Waals surface area (Å²) in [7, 11) is 1.63. The van der Waals surface area contributed by atoms with Crippen LogP contribution in [0.5, 0.6) is 0 Å². The molecule has 2 rings (SSSR count). The second kappa shape index (κ2) is 5.13. The van der Waals surface area contributed by atoms with Crippen molar-refractivity contribution in [3.05, 3.63) is 29.3 Å². The van der Waals surface area contributed by atoms with Crippen LogP contribution in [0.3, 0.4) is 0 Å². The number of benzene rings is 1. The van der Waals surface area contributed by atoms with Gasteiger partial charge in [-0.05, 0) is 31.7 Å². The average molecular weight is 283 g/mol. The standard InChI is InChI=1S/C13H12F3N3O/c1-18-11-4-5-19(12(11)20)9-3-2-8(7-17)10(6-9)13(14,15)16/h2-3,6,11,18H,4-5H2,1H3. The first kappa shape index (κ1) is 14.3. The van der Waals surface area contributed by atoms with E-state index in [1.165, 1.54) is 17.0 Å². The van der Waals surface area contributed by atoms with Crippen LogP contribution in [0, 0.1) is 11.3 Å². The molecule has 1 aromatic rings. The monoisotopic (exact) mass is 283 g/mol. The lowest BCUT2D eigenvalue weighted by Gasteiger charge is -2.19. The Morgan fingerprint density at radius 2 is 2.15 bits per heavy atom. The van der Waals surface area contributed by atoms with Crippen LogP contribution in [-0.2, 0) is 11.0 Å². The number of anilines is 1. The van der Waals surface area contributed by atoms with E-state index in [0.717, 1.165) is 12.1 Å². The molecule has 0 aromatic heterocycles. The zero-order chi connectivity index (χ0) is 14.9. The summed E-state index contributed by atoms with van der Waals surface area (Å²) in [4.78, 5) is 13.3. The molecule has 1 aromatic carbocycles. The van der Waals surface area contributed by atoms with Crippen molar-refractivity contribution in [2.24, 2.45) is 0 Å². The van der Waals surface area contributed by atoms with Gasteiger partial charge in [0.15, 0.2) is 0 Å². The fourth-order valence-electron chi connectivity index (χ4n) is 2.24. The third-order valence-electron chi connectivity index (χ3n) is 3.29. The van der Waals surface area contributed by atoms with Crippen LogP contribution in [-0.4, -0.2) is 25.5 Å². The van der Waals surface area contributed by atoms with E-state index in [4.69, 9.17) is 5.26 Å². The highest BCUT2D eigenvalue weighted by Crippen LogP contribution is 2.35. The van der Waals surface area contributed by atoms with Crippen molar-refractivity contribution in [3.63, 3.8) is 0 Å². The van der Waals surface area contributed by atoms with E-state index in [2.05, 4.69) is 5.32 Å². The number of hydrogen-bond acceptors (Lipinski definition) is 3. The fraction of sp³-hybridized carbons (Fsp3) is 0.385. The molecule has 1 amide bonds. The van der Waals surface area contributed by atoms with Crippen LogP contribution in [0.25, 0.3) is 0 Å². The second-order valence-electron chi connectivity index (χ2n) is 4.46. The van der Waals surface area contributed by atoms with E-state index in [9.17, 15) is 18.0 Å². The molecule has 1 unspecified atom stereocenters. The highest BCUT2D eigenvalue weighted by molar-refractivity contribution is 5.99. The molecular weight excluding hydrogens is 271 g/mol. The van der Waals surface area contributed by atoms with Crippen LogP contribution >= 0.6 is 0 Å². The number of amides is 1. The van der Waals surface area contributed by atoms with Gasteiger partial charge in [0.1, 0.15) is 0 Å². The number of nitriles is 1. The summed E-state index contributed by atoms with van der Waals surface area (Å²) in [5.74, 6) is -0.259. The predicted octanol–water partition coefficient (Wildman–Crippen LogP) is 1.90. The van der Waals surface area contributed by atoms with Crippen molar-refractivity contribution >= 4 is 11.6 Å². The van der Waals surface area contributed by atoms with E-state index in [1.54, 1.807) is 7.05 Å². The lowest BCUT2D eigenvalue weighted by Crippen LogP contribution is -2.36. The summed E-state index contributed by atoms with van der Waals surface area (Å²) in [5.41, 5.74) is -1.30. The molecule has 0 saturated carbocycles. The first-order chi connectivity index (χ1) is 9.38. The summed E-state index contributed by atoms with van der Waals surface area (Å²) >= 11 is 0. The molecule has 1 aliphatic heterocycles. The number of rotatable bonds is 2. The molecular formula is C13H12F3N3O. The third-order valence-corrected chi connectivity index (χ3v) is 3.29. The van der Waals surface area contributed by atoms with Crippen molar-refractivity contribution in [2.75, 3.05) is 18.5 Å². The van der Waals surface area contributed by atoms with Crippen LogP contribution in [0.15, 0.2) is 18.2 Å². The van der Waals surface area contributed by atoms with Gasteiger partial charge in [-0.15, -0.1) is 0 Å². The van der Waals surface area contributed by atoms with Crippen LogP contribution in [0.1, 0.15) is 17.5 Å². The molecule has 1 saturated heterocycles. The number of alkyl halides is 3. The van der Waals surface area contributed by atoms with Crippen LogP contribution in [0.4, 0.5) is 18.9 Å². The number of carbonyl (C=O) groups excluding carboxylic acids is 1. The Bertz CT molecular complexity index is 577. The summed E-state index contributed by atoms with van der Waals surface area (Å²) in [6.45, 7) is 0.355. The number of carbonyl (C=O) groups is 1. The topological polar surface area (TPSA) is 56.1 Å². The van der Waals surface area contributed by atoms with E-state index in [-0.39, 0.29) is 17.6 Å². The Kier molecular flexibility index (Phi) is 3.68. The summed E-state index contributed by atoms with van der Waals surface area (Å²) in [6, 6.07) is 4.46. The Morgan fingerprint density at radius 1 is 1.45 bits per heavy atom. The Balaban J connectivity index is 2.41. The maximum Gasteiger partial charge on any atom is 0.417 e. The van der Waals surface area contributed by atoms with Gasteiger partial charge in [-0.1, -0.05) is 0 Å². The molecule has 1 N–H and O–H groups in total. The molecule has 0 aliphatic carbocycles. The van der Waals surface area contributed by atoms with E-state index < -0.39 is 17.3 Å². The number of likely N-dealkylation sites (N-methyl/N-ethyl adjacent to an activating group) is 1. The van der Waals surface area contributed by atoms with Gasteiger partial charge in [-0.3, -0.25) is 4.79 Å². The summed E-state index contributed by atoms with van der Waals surface area (Å²) in [5, 5.41) is 11.5. The van der Waals surface area contributed by atoms with Crippen LogP contribution in [0.2, 0.25) is 0 Å². The first-order valence-electron chi connectivity index (χ1n) is 5.98. The van der Waals surface area contributed by atoms with Crippen molar-refractivity contribution in [1.29, 1.82) is 5.26 Å². The van der Waals surface area contributed by atoms with Crippen molar-refractivity contribution in [3.8, 4) is 6.07 Å². The van der Waals surface area contributed by atoms with Crippen molar-refractivity contribution < 1.29 is 18.0 Å². The van der Waals surface area contributed by atoms with Crippen LogP contribution < -0.4 is 10.2 Å². The zero-order valence-electron chi connectivity index (χ0n) is 10.7. The Labute approximate surface area is 113 Å². The van der Waals surface area contributed by atoms with Gasteiger partial charge in [-0.2, -0.15) is 18.4 Å². The molecule has 20 heavy (non-hydrogen) atoms. The SMILES string of the molecule is CNC1CCN(c2ccc(C#N)c(C(F)(F)F)c2)C1=O. The van der Waals surface area contributed by atoms with Gasteiger partial charge in [0.05, 0.1) is 23.2 Å². The van der Waals surface area contributed by atoms with Gasteiger partial charge in [0, 0.05) is 12.2 Å². The maximum absolute atomic E-state index is 12.9. The zero-order valence-corrected chi connectivity index (χ0v) is 10.7. The van der Waals surface area contributed by atoms with E-state index >= 15 is 0 Å². The second-order valence-corrected chi connectivity index (χ2v) is 4.46. The molecule has 0 spiro atoms. The van der Waals surface area contributed by atoms with Gasteiger partial charge in [0.2, 0.25) is 5.91 Å². The van der Waals surface area contributed by atoms with Gasteiger partial charge in [0.25, 0.3) is 0 Å². The molecule has 0 bridgehead atoms. The number of halogens is 3. The molecule has 106 valence electrons. The van der Waals surface area contributed by atoms with Gasteiger partial charge in [-0.25, -0.2) is 0 Å². The predicted molar refractivity (Wildman–Crippen MR) is 66.0 cm³/mol. The smallest absolute Gasteiger partial charge is 0.311 e. The molecule has 4 nitrogen and oxygen atoms in total. The number of nitrogens with one attached hydrogen (secondary N) is 1. The Morgan fingerprint density at radius 3 is 2.65 bits per heavy atom. The minimum atomic E-state index is -4.62. The lowest BCUT2D eigenvalue weighted by atomic mass is 10.1. The molecule has 1 heterocycles. The molecule has 7 heteroatoms. The van der Waals surface area contributed by atoms with Gasteiger partial charge < -0.3 is 10.2 Å². The minimum absolute atomic E-state index is 0.166. The van der Waals surface area contributed by atoms with Gasteiger partial charge >= 0.3 is 6.18 Å². The minimum Gasteiger partial charge on any atom is -0.311 e. The molecule has 0 radical (unpaired) electrons. The largest absolute Gasteiger partial charge is 0.417 e. The van der Waals surface area contributed by atoms with Crippen molar-refractivity contribution in [2.45, 2.75) is 18.6 Å². The molecule has 1 atom stereocenters. The Hall–Kier alpha value is -2.07. The average Bonchev–Trinajstić information content (AvgIpc) is 2.78. The lowest BCUT2D eigenvalue weighted by molar-refractivity contribution is -0.137. The highest BCUT2D eigenvalue weighted by atomic mass is 19.4.